The van der Waals surface area contributed by atoms with E-state index in [1.165, 1.54) is 11.0 Å². The van der Waals surface area contributed by atoms with Crippen LogP contribution >= 0.6 is 23.2 Å². The number of hydrogen-bond acceptors (Lipinski definition) is 3. The van der Waals surface area contributed by atoms with Crippen LogP contribution in [0.1, 0.15) is 15.9 Å². The van der Waals surface area contributed by atoms with Gasteiger partial charge >= 0.3 is 0 Å². The molecule has 0 radical (unpaired) electrons. The van der Waals surface area contributed by atoms with Crippen molar-refractivity contribution in [2.75, 3.05) is 13.2 Å². The van der Waals surface area contributed by atoms with Gasteiger partial charge in [0.15, 0.2) is 0 Å². The van der Waals surface area contributed by atoms with E-state index in [0.29, 0.717) is 22.2 Å². The van der Waals surface area contributed by atoms with Gasteiger partial charge in [0.05, 0.1) is 16.7 Å². The van der Waals surface area contributed by atoms with Gasteiger partial charge in [0.2, 0.25) is 0 Å². The molecule has 2 rings (SSSR count). The van der Waals surface area contributed by atoms with Gasteiger partial charge in [0.1, 0.15) is 0 Å². The summed E-state index contributed by atoms with van der Waals surface area (Å²) in [5, 5.41) is 9.88. The molecule has 0 fully saturated rings. The highest BCUT2D eigenvalue weighted by atomic mass is 35.5. The van der Waals surface area contributed by atoms with Crippen molar-refractivity contribution < 1.29 is 9.90 Å². The molecule has 0 aliphatic carbocycles. The Morgan fingerprint density at radius 1 is 1.24 bits per heavy atom. The molecular formula is C15H14Cl2N2O2. The summed E-state index contributed by atoms with van der Waals surface area (Å²) < 4.78 is 0. The van der Waals surface area contributed by atoms with Gasteiger partial charge in [-0.3, -0.25) is 9.78 Å². The first kappa shape index (κ1) is 15.8. The van der Waals surface area contributed by atoms with Gasteiger partial charge in [-0.15, -0.1) is 0 Å². The van der Waals surface area contributed by atoms with Crippen molar-refractivity contribution in [1.82, 2.24) is 9.88 Å². The minimum Gasteiger partial charge on any atom is -0.395 e. The molecule has 0 saturated carbocycles. The molecule has 0 aliphatic heterocycles. The Balaban J connectivity index is 2.20. The number of benzene rings is 1. The van der Waals surface area contributed by atoms with Crippen molar-refractivity contribution in [2.45, 2.75) is 6.54 Å². The van der Waals surface area contributed by atoms with Crippen LogP contribution < -0.4 is 0 Å². The summed E-state index contributed by atoms with van der Waals surface area (Å²) in [4.78, 5) is 18.1. The van der Waals surface area contributed by atoms with Crippen molar-refractivity contribution in [3.05, 3.63) is 63.9 Å². The molecule has 0 atom stereocenters. The Bertz CT molecular complexity index is 620. The number of carbonyl (C=O) groups is 1. The number of rotatable bonds is 5. The van der Waals surface area contributed by atoms with Gasteiger partial charge in [-0.25, -0.2) is 0 Å². The fourth-order valence-corrected chi connectivity index (χ4v) is 2.19. The molecule has 1 N–H and O–H groups in total. The van der Waals surface area contributed by atoms with E-state index in [2.05, 4.69) is 4.98 Å². The number of hydrogen-bond donors (Lipinski definition) is 1. The summed E-state index contributed by atoms with van der Waals surface area (Å²) in [7, 11) is 0. The van der Waals surface area contributed by atoms with Gasteiger partial charge in [-0.2, -0.15) is 0 Å². The van der Waals surface area contributed by atoms with Gasteiger partial charge in [0, 0.05) is 31.0 Å². The molecule has 2 aromatic rings. The Labute approximate surface area is 132 Å². The maximum Gasteiger partial charge on any atom is 0.254 e. The molecule has 6 heteroatoms. The minimum atomic E-state index is -0.216. The van der Waals surface area contributed by atoms with E-state index in [4.69, 9.17) is 28.3 Å². The molecule has 1 amide bonds. The number of aromatic nitrogens is 1. The normalized spacial score (nSPS) is 10.4. The summed E-state index contributed by atoms with van der Waals surface area (Å²) in [5.41, 5.74) is 1.32. The van der Waals surface area contributed by atoms with Crippen LogP contribution in [0.2, 0.25) is 10.0 Å². The smallest absolute Gasteiger partial charge is 0.254 e. The van der Waals surface area contributed by atoms with Crippen LogP contribution in [-0.4, -0.2) is 34.0 Å². The van der Waals surface area contributed by atoms with Crippen molar-refractivity contribution in [2.24, 2.45) is 0 Å². The fourth-order valence-electron chi connectivity index (χ4n) is 1.90. The highest BCUT2D eigenvalue weighted by Gasteiger charge is 2.16. The zero-order chi connectivity index (χ0) is 15.2. The molecule has 0 bridgehead atoms. The molecule has 1 heterocycles. The number of amides is 1. The molecule has 110 valence electrons. The average Bonchev–Trinajstić information content (AvgIpc) is 2.50. The van der Waals surface area contributed by atoms with E-state index >= 15 is 0 Å². The van der Waals surface area contributed by atoms with Gasteiger partial charge < -0.3 is 10.0 Å². The molecule has 4 nitrogen and oxygen atoms in total. The summed E-state index contributed by atoms with van der Waals surface area (Å²) in [6, 6.07) is 8.40. The molecule has 0 spiro atoms. The van der Waals surface area contributed by atoms with Crippen LogP contribution in [0.3, 0.4) is 0 Å². The van der Waals surface area contributed by atoms with Crippen LogP contribution in [0, 0.1) is 0 Å². The molecule has 0 unspecified atom stereocenters. The number of aliphatic hydroxyl groups is 1. The van der Waals surface area contributed by atoms with Gasteiger partial charge in [-0.05, 0) is 29.8 Å². The molecular weight excluding hydrogens is 311 g/mol. The number of pyridine rings is 1. The first-order chi connectivity index (χ1) is 10.1. The minimum absolute atomic E-state index is 0.118. The standard InChI is InChI=1S/C15H14Cl2N2O2/c16-13-4-3-12(8-14(13)17)15(21)19(6-7-20)10-11-2-1-5-18-9-11/h1-5,8-9,20H,6-7,10H2. The first-order valence-corrected chi connectivity index (χ1v) is 7.11. The predicted octanol–water partition coefficient (Wildman–Crippen LogP) is 3.02. The Hall–Kier alpha value is -1.62. The number of carbonyl (C=O) groups excluding carboxylic acids is 1. The second-order valence-corrected chi connectivity index (χ2v) is 5.25. The summed E-state index contributed by atoms with van der Waals surface area (Å²) in [5.74, 6) is -0.216. The summed E-state index contributed by atoms with van der Waals surface area (Å²) in [6.07, 6.45) is 3.35. The van der Waals surface area contributed by atoms with Crippen LogP contribution in [0.25, 0.3) is 0 Å². The molecule has 1 aromatic heterocycles. The largest absolute Gasteiger partial charge is 0.395 e. The topological polar surface area (TPSA) is 53.4 Å². The SMILES string of the molecule is O=C(c1ccc(Cl)c(Cl)c1)N(CCO)Cc1cccnc1. The van der Waals surface area contributed by atoms with E-state index < -0.39 is 0 Å². The van der Waals surface area contributed by atoms with Crippen molar-refractivity contribution in [3.8, 4) is 0 Å². The van der Waals surface area contributed by atoms with Crippen molar-refractivity contribution in [3.63, 3.8) is 0 Å². The highest BCUT2D eigenvalue weighted by Crippen LogP contribution is 2.23. The second kappa shape index (κ2) is 7.41. The lowest BCUT2D eigenvalue weighted by Crippen LogP contribution is -2.33. The average molecular weight is 325 g/mol. The number of halogens is 2. The first-order valence-electron chi connectivity index (χ1n) is 6.36. The van der Waals surface area contributed by atoms with Crippen LogP contribution in [-0.2, 0) is 6.54 Å². The third-order valence-electron chi connectivity index (χ3n) is 2.92. The van der Waals surface area contributed by atoms with Crippen LogP contribution in [0.5, 0.6) is 0 Å². The summed E-state index contributed by atoms with van der Waals surface area (Å²) in [6.45, 7) is 0.481. The maximum atomic E-state index is 12.5. The zero-order valence-electron chi connectivity index (χ0n) is 11.2. The summed E-state index contributed by atoms with van der Waals surface area (Å²) >= 11 is 11.8. The Morgan fingerprint density at radius 3 is 2.67 bits per heavy atom. The lowest BCUT2D eigenvalue weighted by Gasteiger charge is -2.22. The maximum absolute atomic E-state index is 12.5. The van der Waals surface area contributed by atoms with Crippen LogP contribution in [0.15, 0.2) is 42.7 Å². The fraction of sp³-hybridized carbons (Fsp3) is 0.200. The number of nitrogens with zero attached hydrogens (tertiary/aromatic N) is 2. The Morgan fingerprint density at radius 2 is 2.05 bits per heavy atom. The quantitative estimate of drug-likeness (QED) is 0.919. The van der Waals surface area contributed by atoms with Gasteiger partial charge in [-0.1, -0.05) is 29.3 Å². The molecule has 21 heavy (non-hydrogen) atoms. The second-order valence-electron chi connectivity index (χ2n) is 4.44. The third-order valence-corrected chi connectivity index (χ3v) is 3.66. The third kappa shape index (κ3) is 4.17. The van der Waals surface area contributed by atoms with E-state index in [0.717, 1.165) is 5.56 Å². The number of aliphatic hydroxyl groups excluding tert-OH is 1. The van der Waals surface area contributed by atoms with Gasteiger partial charge in [0.25, 0.3) is 5.91 Å². The Kier molecular flexibility index (Phi) is 5.56. The molecule has 0 aliphatic rings. The predicted molar refractivity (Wildman–Crippen MR) is 82.5 cm³/mol. The monoisotopic (exact) mass is 324 g/mol. The van der Waals surface area contributed by atoms with Crippen LogP contribution in [0.4, 0.5) is 0 Å². The lowest BCUT2D eigenvalue weighted by atomic mass is 10.1. The van der Waals surface area contributed by atoms with Crippen molar-refractivity contribution in [1.29, 1.82) is 0 Å². The van der Waals surface area contributed by atoms with E-state index in [1.807, 2.05) is 6.07 Å². The molecule has 0 saturated heterocycles. The van der Waals surface area contributed by atoms with Crippen molar-refractivity contribution >= 4 is 29.1 Å². The van der Waals surface area contributed by atoms with E-state index in [1.54, 1.807) is 30.6 Å². The van der Waals surface area contributed by atoms with E-state index in [9.17, 15) is 4.79 Å². The highest BCUT2D eigenvalue weighted by molar-refractivity contribution is 6.42. The molecule has 1 aromatic carbocycles. The zero-order valence-corrected chi connectivity index (χ0v) is 12.7. The lowest BCUT2D eigenvalue weighted by molar-refractivity contribution is 0.0707. The van der Waals surface area contributed by atoms with E-state index in [-0.39, 0.29) is 19.1 Å².